The van der Waals surface area contributed by atoms with Gasteiger partial charge in [-0.25, -0.2) is 0 Å². The van der Waals surface area contributed by atoms with Gasteiger partial charge in [0.15, 0.2) is 5.69 Å². The first-order chi connectivity index (χ1) is 17.5. The Balaban J connectivity index is 1.08. The van der Waals surface area contributed by atoms with E-state index < -0.39 is 0 Å². The summed E-state index contributed by atoms with van der Waals surface area (Å²) in [6.07, 6.45) is 4.13. The lowest BCUT2D eigenvalue weighted by atomic mass is 9.71. The fourth-order valence-corrected chi connectivity index (χ4v) is 6.07. The maximum atomic E-state index is 13.4. The molecule has 8 nitrogen and oxygen atoms in total. The van der Waals surface area contributed by atoms with E-state index in [1.54, 1.807) is 0 Å². The lowest BCUT2D eigenvalue weighted by molar-refractivity contribution is -0.138. The van der Waals surface area contributed by atoms with Gasteiger partial charge in [0.25, 0.3) is 5.91 Å². The lowest BCUT2D eigenvalue weighted by Crippen LogP contribution is -2.50. The number of fused-ring (bicyclic) bond motifs is 1. The Morgan fingerprint density at radius 3 is 2.25 bits per heavy atom. The van der Waals surface area contributed by atoms with E-state index in [1.807, 2.05) is 46.2 Å². The minimum absolute atomic E-state index is 0.0189. The molecular weight excluding hydrogens is 454 g/mol. The number of H-pyrrole nitrogens is 1. The molecule has 3 amide bonds. The van der Waals surface area contributed by atoms with Crippen molar-refractivity contribution in [2.75, 3.05) is 32.7 Å². The van der Waals surface area contributed by atoms with Gasteiger partial charge in [0, 0.05) is 44.5 Å². The van der Waals surface area contributed by atoms with Crippen molar-refractivity contribution in [1.29, 1.82) is 0 Å². The molecule has 0 aliphatic carbocycles. The highest BCUT2D eigenvalue weighted by molar-refractivity contribution is 6.05. The lowest BCUT2D eigenvalue weighted by Gasteiger charge is -2.47. The largest absolute Gasteiger partial charge is 0.355 e. The fraction of sp³-hybridized carbons (Fsp3) is 0.429. The average Bonchev–Trinajstić information content (AvgIpc) is 3.55. The smallest absolute Gasteiger partial charge is 0.274 e. The summed E-state index contributed by atoms with van der Waals surface area (Å²) in [5, 5.41) is 11.1. The summed E-state index contributed by atoms with van der Waals surface area (Å²) in [5.41, 5.74) is 3.76. The van der Waals surface area contributed by atoms with Crippen LogP contribution in [0.5, 0.6) is 0 Å². The third-order valence-electron chi connectivity index (χ3n) is 8.45. The zero-order valence-electron chi connectivity index (χ0n) is 20.3. The summed E-state index contributed by atoms with van der Waals surface area (Å²) in [6.45, 7) is 3.37. The molecule has 0 bridgehead atoms. The predicted octanol–water partition coefficient (Wildman–Crippen LogP) is 3.21. The summed E-state index contributed by atoms with van der Waals surface area (Å²) in [7, 11) is 0. The van der Waals surface area contributed by atoms with Crippen LogP contribution in [0.4, 0.5) is 0 Å². The molecule has 186 valence electrons. The van der Waals surface area contributed by atoms with E-state index in [9.17, 15) is 14.4 Å². The molecule has 2 N–H and O–H groups in total. The van der Waals surface area contributed by atoms with Crippen molar-refractivity contribution in [2.45, 2.75) is 32.1 Å². The molecule has 2 aromatic carbocycles. The highest BCUT2D eigenvalue weighted by Crippen LogP contribution is 2.42. The van der Waals surface area contributed by atoms with Gasteiger partial charge >= 0.3 is 0 Å². The summed E-state index contributed by atoms with van der Waals surface area (Å²) in [6, 6.07) is 16.2. The molecule has 3 aromatic rings. The van der Waals surface area contributed by atoms with E-state index in [-0.39, 0.29) is 29.1 Å². The maximum absolute atomic E-state index is 13.4. The number of aromatic nitrogens is 2. The second-order valence-corrected chi connectivity index (χ2v) is 10.5. The first kappa shape index (κ1) is 22.8. The summed E-state index contributed by atoms with van der Waals surface area (Å²) < 4.78 is 0. The third-order valence-corrected chi connectivity index (χ3v) is 8.45. The quantitative estimate of drug-likeness (QED) is 0.595. The zero-order chi connectivity index (χ0) is 24.7. The molecule has 3 aliphatic heterocycles. The Kier molecular flexibility index (Phi) is 5.74. The zero-order valence-corrected chi connectivity index (χ0v) is 20.3. The number of aromatic amines is 1. The van der Waals surface area contributed by atoms with E-state index in [2.05, 4.69) is 27.6 Å². The number of rotatable bonds is 3. The number of carbonyl (C=O) groups excluding carboxylic acids is 3. The van der Waals surface area contributed by atoms with E-state index in [0.717, 1.165) is 60.8 Å². The van der Waals surface area contributed by atoms with E-state index in [0.29, 0.717) is 31.7 Å². The standard InChI is InChI=1S/C28H31N5O3/c34-24-17-21(18-29-24)26(35)32-12-8-28(9-13-32)10-14-33(15-11-28)27(36)25-22-7-6-20(16-23(22)30-31-25)19-4-2-1-3-5-19/h1-7,16,21H,8-15,17-18H2,(H,29,34)(H,30,31). The van der Waals surface area contributed by atoms with Gasteiger partial charge in [0.1, 0.15) is 0 Å². The van der Waals surface area contributed by atoms with Gasteiger partial charge in [-0.15, -0.1) is 0 Å². The normalized spacial score (nSPS) is 21.7. The van der Waals surface area contributed by atoms with Gasteiger partial charge in [-0.3, -0.25) is 19.5 Å². The van der Waals surface area contributed by atoms with Crippen molar-refractivity contribution in [3.8, 4) is 11.1 Å². The number of nitrogens with one attached hydrogen (secondary N) is 2. The number of amides is 3. The van der Waals surface area contributed by atoms with Gasteiger partial charge < -0.3 is 15.1 Å². The second kappa shape index (κ2) is 9.08. The summed E-state index contributed by atoms with van der Waals surface area (Å²) in [4.78, 5) is 41.5. The molecule has 0 radical (unpaired) electrons. The first-order valence-electron chi connectivity index (χ1n) is 12.9. The number of hydrogen-bond donors (Lipinski definition) is 2. The molecular formula is C28H31N5O3. The van der Waals surface area contributed by atoms with Crippen LogP contribution in [0.1, 0.15) is 42.6 Å². The van der Waals surface area contributed by atoms with Gasteiger partial charge in [0.05, 0.1) is 11.4 Å². The first-order valence-corrected chi connectivity index (χ1v) is 12.9. The molecule has 0 saturated carbocycles. The summed E-state index contributed by atoms with van der Waals surface area (Å²) >= 11 is 0. The monoisotopic (exact) mass is 485 g/mol. The van der Waals surface area contributed by atoms with Crippen LogP contribution >= 0.6 is 0 Å². The van der Waals surface area contributed by atoms with Gasteiger partial charge in [-0.2, -0.15) is 5.10 Å². The molecule has 3 aliphatic rings. The minimum atomic E-state index is -0.210. The number of nitrogens with zero attached hydrogens (tertiary/aromatic N) is 3. The van der Waals surface area contributed by atoms with Crippen LogP contribution in [0.15, 0.2) is 48.5 Å². The third kappa shape index (κ3) is 4.14. The van der Waals surface area contributed by atoms with Crippen LogP contribution in [0.2, 0.25) is 0 Å². The van der Waals surface area contributed by atoms with Crippen LogP contribution < -0.4 is 5.32 Å². The van der Waals surface area contributed by atoms with Crippen molar-refractivity contribution in [1.82, 2.24) is 25.3 Å². The molecule has 6 rings (SSSR count). The van der Waals surface area contributed by atoms with E-state index >= 15 is 0 Å². The SMILES string of the molecule is O=C1CC(C(=O)N2CCC3(CCN(C(=O)c4n[nH]c5cc(-c6ccccc6)ccc45)CC3)CC2)CN1. The predicted molar refractivity (Wildman–Crippen MR) is 136 cm³/mol. The highest BCUT2D eigenvalue weighted by atomic mass is 16.2. The Morgan fingerprint density at radius 2 is 1.58 bits per heavy atom. The van der Waals surface area contributed by atoms with Crippen LogP contribution in [0.25, 0.3) is 22.0 Å². The molecule has 1 unspecified atom stereocenters. The van der Waals surface area contributed by atoms with Crippen LogP contribution in [-0.2, 0) is 9.59 Å². The minimum Gasteiger partial charge on any atom is -0.355 e. The van der Waals surface area contributed by atoms with E-state index in [1.165, 1.54) is 0 Å². The topological polar surface area (TPSA) is 98.4 Å². The van der Waals surface area contributed by atoms with E-state index in [4.69, 9.17) is 0 Å². The highest BCUT2D eigenvalue weighted by Gasteiger charge is 2.41. The van der Waals surface area contributed by atoms with Crippen LogP contribution in [0, 0.1) is 11.3 Å². The van der Waals surface area contributed by atoms with Crippen molar-refractivity contribution in [3.05, 3.63) is 54.2 Å². The van der Waals surface area contributed by atoms with Crippen LogP contribution in [0.3, 0.4) is 0 Å². The second-order valence-electron chi connectivity index (χ2n) is 10.5. The molecule has 8 heteroatoms. The number of piperidine rings is 2. The maximum Gasteiger partial charge on any atom is 0.274 e. The van der Waals surface area contributed by atoms with Crippen LogP contribution in [-0.4, -0.2) is 70.4 Å². The molecule has 36 heavy (non-hydrogen) atoms. The Labute approximate surface area is 210 Å². The van der Waals surface area contributed by atoms with Gasteiger partial charge in [-0.05, 0) is 54.4 Å². The Bertz CT molecular complexity index is 1300. The van der Waals surface area contributed by atoms with Gasteiger partial charge in [-0.1, -0.05) is 36.4 Å². The molecule has 4 heterocycles. The molecule has 1 atom stereocenters. The van der Waals surface area contributed by atoms with Crippen molar-refractivity contribution >= 4 is 28.6 Å². The van der Waals surface area contributed by atoms with Crippen molar-refractivity contribution in [3.63, 3.8) is 0 Å². The summed E-state index contributed by atoms with van der Waals surface area (Å²) in [5.74, 6) is -0.148. The Hall–Kier alpha value is -3.68. The number of likely N-dealkylation sites (tertiary alicyclic amines) is 2. The molecule has 1 spiro atoms. The van der Waals surface area contributed by atoms with Crippen molar-refractivity contribution in [2.24, 2.45) is 11.3 Å². The van der Waals surface area contributed by atoms with Crippen molar-refractivity contribution < 1.29 is 14.4 Å². The number of hydrogen-bond acceptors (Lipinski definition) is 4. The average molecular weight is 486 g/mol. The molecule has 3 fully saturated rings. The fourth-order valence-electron chi connectivity index (χ4n) is 6.07. The molecule has 3 saturated heterocycles. The van der Waals surface area contributed by atoms with Gasteiger partial charge in [0.2, 0.25) is 11.8 Å². The molecule has 1 aromatic heterocycles. The Morgan fingerprint density at radius 1 is 0.889 bits per heavy atom. The number of benzene rings is 2. The number of carbonyl (C=O) groups is 3.